The van der Waals surface area contributed by atoms with E-state index in [1.807, 2.05) is 164 Å². The second kappa shape index (κ2) is 28.3. The van der Waals surface area contributed by atoms with Crippen molar-refractivity contribution in [2.24, 2.45) is 0 Å². The van der Waals surface area contributed by atoms with E-state index in [0.29, 0.717) is 34.8 Å². The second-order valence-corrected chi connectivity index (χ2v) is 18.6. The highest BCUT2D eigenvalue weighted by atomic mass is 16.3. The highest BCUT2D eigenvalue weighted by Crippen LogP contribution is 2.39. The first-order valence-electron chi connectivity index (χ1n) is 25.6. The van der Waals surface area contributed by atoms with Crippen molar-refractivity contribution in [3.63, 3.8) is 0 Å². The predicted molar refractivity (Wildman–Crippen MR) is 315 cm³/mol. The molecule has 6 heteroatoms. The molecule has 2 aliphatic carbocycles. The van der Waals surface area contributed by atoms with Crippen LogP contribution in [0.3, 0.4) is 0 Å². The van der Waals surface area contributed by atoms with E-state index in [0.717, 1.165) is 60.8 Å². The van der Waals surface area contributed by atoms with Crippen molar-refractivity contribution < 1.29 is 30.6 Å². The average Bonchev–Trinajstić information content (AvgIpc) is 3.47. The maximum Gasteiger partial charge on any atom is 0.115 e. The summed E-state index contributed by atoms with van der Waals surface area (Å²) in [5.41, 5.74) is 14.2. The van der Waals surface area contributed by atoms with E-state index >= 15 is 0 Å². The third-order valence-electron chi connectivity index (χ3n) is 13.2. The first kappa shape index (κ1) is 54.5. The summed E-state index contributed by atoms with van der Waals surface area (Å²) in [7, 11) is 0. The minimum atomic E-state index is 0.267. The van der Waals surface area contributed by atoms with E-state index in [4.69, 9.17) is 0 Å². The van der Waals surface area contributed by atoms with Crippen molar-refractivity contribution in [1.82, 2.24) is 0 Å². The summed E-state index contributed by atoms with van der Waals surface area (Å²) in [6.45, 7) is 7.26. The largest absolute Gasteiger partial charge is 0.508 e. The summed E-state index contributed by atoms with van der Waals surface area (Å²) in [6, 6.07) is 72.4. The van der Waals surface area contributed by atoms with Crippen LogP contribution >= 0.6 is 0 Å². The number of aromatic hydroxyl groups is 6. The molecule has 76 heavy (non-hydrogen) atoms. The van der Waals surface area contributed by atoms with Gasteiger partial charge in [0, 0.05) is 5.92 Å². The first-order valence-corrected chi connectivity index (χ1v) is 25.6. The molecule has 382 valence electrons. The normalized spacial score (nSPS) is 14.3. The number of allylic oxidation sites excluding steroid dienone is 4. The maximum absolute atomic E-state index is 9.38. The van der Waals surface area contributed by atoms with Gasteiger partial charge in [-0.3, -0.25) is 0 Å². The lowest BCUT2D eigenvalue weighted by atomic mass is 9.81. The summed E-state index contributed by atoms with van der Waals surface area (Å²) in [5.74, 6) is 2.69. The molecule has 6 N–H and O–H groups in total. The summed E-state index contributed by atoms with van der Waals surface area (Å²) in [6.07, 6.45) is 14.9. The van der Waals surface area contributed by atoms with E-state index in [1.165, 1.54) is 44.5 Å². The van der Waals surface area contributed by atoms with Gasteiger partial charge in [0.2, 0.25) is 0 Å². The standard InChI is InChI=1S/2C18H18O2.C18H14O2.2C8H8/c3*19-17-8-4-13(5-9-17)15-2-1-3-16(12-15)14-6-10-18(20)11-7-14;2*1-2-8-6-4-3-5-7-8/h4-12,15,19-20H,1-3H2;2,4-11,16,19-20H,1,3,12H2;1-12,19-20H;2*2-7H,1H2. The van der Waals surface area contributed by atoms with E-state index in [-0.39, 0.29) is 11.5 Å². The van der Waals surface area contributed by atoms with Crippen molar-refractivity contribution in [3.05, 3.63) is 289 Å². The quantitative estimate of drug-likeness (QED) is 0.0902. The van der Waals surface area contributed by atoms with Crippen LogP contribution in [-0.2, 0) is 0 Å². The summed E-state index contributed by atoms with van der Waals surface area (Å²) in [4.78, 5) is 0. The van der Waals surface area contributed by atoms with Crippen LogP contribution in [0.2, 0.25) is 0 Å². The van der Waals surface area contributed by atoms with Crippen LogP contribution in [0.15, 0.2) is 256 Å². The molecule has 2 unspecified atom stereocenters. The fourth-order valence-corrected chi connectivity index (χ4v) is 9.04. The number of phenols is 6. The summed E-state index contributed by atoms with van der Waals surface area (Å²) >= 11 is 0. The topological polar surface area (TPSA) is 121 Å². The lowest BCUT2D eigenvalue weighted by Gasteiger charge is -2.23. The molecule has 0 saturated carbocycles. The highest BCUT2D eigenvalue weighted by molar-refractivity contribution is 5.74. The van der Waals surface area contributed by atoms with Crippen LogP contribution in [0, 0.1) is 0 Å². The Morgan fingerprint density at radius 2 is 0.737 bits per heavy atom. The van der Waals surface area contributed by atoms with E-state index in [9.17, 15) is 30.6 Å². The van der Waals surface area contributed by atoms with Gasteiger partial charge in [-0.05, 0) is 190 Å². The second-order valence-electron chi connectivity index (χ2n) is 18.6. The molecule has 0 bridgehead atoms. The van der Waals surface area contributed by atoms with Gasteiger partial charge in [-0.1, -0.05) is 189 Å². The molecule has 9 aromatic carbocycles. The van der Waals surface area contributed by atoms with Crippen molar-refractivity contribution in [2.45, 2.75) is 50.4 Å². The minimum Gasteiger partial charge on any atom is -0.508 e. The zero-order chi connectivity index (χ0) is 53.5. The Morgan fingerprint density at radius 1 is 0.355 bits per heavy atom. The lowest BCUT2D eigenvalue weighted by Crippen LogP contribution is -2.04. The first-order chi connectivity index (χ1) is 37.0. The molecule has 11 rings (SSSR count). The Morgan fingerprint density at radius 3 is 1.14 bits per heavy atom. The molecule has 0 saturated heterocycles. The van der Waals surface area contributed by atoms with E-state index in [2.05, 4.69) is 31.4 Å². The predicted octanol–water partition coefficient (Wildman–Crippen LogP) is 18.0. The highest BCUT2D eigenvalue weighted by Gasteiger charge is 2.19. The fourth-order valence-electron chi connectivity index (χ4n) is 9.04. The molecule has 2 atom stereocenters. The van der Waals surface area contributed by atoms with Gasteiger partial charge in [0.25, 0.3) is 0 Å². The van der Waals surface area contributed by atoms with Crippen molar-refractivity contribution in [2.75, 3.05) is 0 Å². The number of hydrogen-bond acceptors (Lipinski definition) is 6. The molecule has 0 aliphatic heterocycles. The third kappa shape index (κ3) is 16.9. The molecule has 0 fully saturated rings. The Kier molecular flexibility index (Phi) is 20.3. The Bertz CT molecular complexity index is 3130. The molecule has 9 aromatic rings. The molecular weight excluding hydrogens is 937 g/mol. The minimum absolute atomic E-state index is 0.267. The fraction of sp³-hybridized carbons (Fsp3) is 0.114. The van der Waals surface area contributed by atoms with Crippen LogP contribution in [0.5, 0.6) is 34.5 Å². The van der Waals surface area contributed by atoms with Gasteiger partial charge in [-0.15, -0.1) is 0 Å². The Labute approximate surface area is 448 Å². The van der Waals surface area contributed by atoms with Gasteiger partial charge >= 0.3 is 0 Å². The van der Waals surface area contributed by atoms with Gasteiger partial charge in [-0.25, -0.2) is 0 Å². The number of phenolic OH excluding ortho intramolecular Hbond substituents is 6. The molecular formula is C70H66O6. The number of hydrogen-bond donors (Lipinski definition) is 6. The smallest absolute Gasteiger partial charge is 0.115 e. The van der Waals surface area contributed by atoms with Gasteiger partial charge in [0.15, 0.2) is 0 Å². The van der Waals surface area contributed by atoms with Crippen molar-refractivity contribution >= 4 is 23.3 Å². The van der Waals surface area contributed by atoms with Crippen molar-refractivity contribution in [3.8, 4) is 56.8 Å². The molecule has 0 radical (unpaired) electrons. The maximum atomic E-state index is 9.38. The van der Waals surface area contributed by atoms with Gasteiger partial charge in [0.1, 0.15) is 34.5 Å². The van der Waals surface area contributed by atoms with Crippen LogP contribution < -0.4 is 0 Å². The van der Waals surface area contributed by atoms with E-state index < -0.39 is 0 Å². The number of rotatable bonds is 8. The summed E-state index contributed by atoms with van der Waals surface area (Å²) < 4.78 is 0. The molecule has 0 aromatic heterocycles. The molecule has 0 heterocycles. The van der Waals surface area contributed by atoms with Crippen molar-refractivity contribution in [1.29, 1.82) is 0 Å². The zero-order valence-corrected chi connectivity index (χ0v) is 42.7. The molecule has 2 aliphatic rings. The van der Waals surface area contributed by atoms with Crippen LogP contribution in [0.25, 0.3) is 45.6 Å². The monoisotopic (exact) mass is 1000 g/mol. The number of benzene rings is 9. The molecule has 0 spiro atoms. The van der Waals surface area contributed by atoms with Crippen LogP contribution in [0.1, 0.15) is 83.7 Å². The van der Waals surface area contributed by atoms with Gasteiger partial charge in [0.05, 0.1) is 0 Å². The SMILES string of the molecule is C=Cc1ccccc1.C=Cc1ccccc1.Oc1ccc(-c2cccc(-c3ccc(O)cc3)c2)cc1.Oc1ccc(C2=CC(c3ccc(O)cc3)CCC2)cc1.Oc1ccc(C2=CCCC(c3ccc(O)cc3)C2)cc1. The third-order valence-corrected chi connectivity index (χ3v) is 13.2. The van der Waals surface area contributed by atoms with Gasteiger partial charge in [-0.2, -0.15) is 0 Å². The Hall–Kier alpha value is -9.26. The van der Waals surface area contributed by atoms with Crippen LogP contribution in [0.4, 0.5) is 0 Å². The zero-order valence-electron chi connectivity index (χ0n) is 42.7. The summed E-state index contributed by atoms with van der Waals surface area (Å²) in [5, 5.41) is 56.2. The Balaban J connectivity index is 0.000000145. The molecule has 6 nitrogen and oxygen atoms in total. The lowest BCUT2D eigenvalue weighted by molar-refractivity contribution is 0.474. The van der Waals surface area contributed by atoms with E-state index in [1.54, 1.807) is 72.8 Å². The van der Waals surface area contributed by atoms with Gasteiger partial charge < -0.3 is 30.6 Å². The average molecular weight is 1000 g/mol. The molecule has 0 amide bonds. The van der Waals surface area contributed by atoms with Crippen LogP contribution in [-0.4, -0.2) is 30.6 Å².